The van der Waals surface area contributed by atoms with Crippen LogP contribution >= 0.6 is 0 Å². The molecule has 1 spiro atoms. The van der Waals surface area contributed by atoms with E-state index >= 15 is 0 Å². The van der Waals surface area contributed by atoms with Gasteiger partial charge in [0.25, 0.3) is 0 Å². The second kappa shape index (κ2) is 3.48. The second-order valence-corrected chi connectivity index (χ2v) is 4.32. The number of likely N-dealkylation sites (N-methyl/N-ethyl adjacent to an activating group) is 1. The summed E-state index contributed by atoms with van der Waals surface area (Å²) in [5.74, 6) is 0.870. The number of hydrogen-bond donors (Lipinski definition) is 2. The number of amidine groups is 1. The van der Waals surface area contributed by atoms with E-state index in [2.05, 4.69) is 17.2 Å². The zero-order valence-corrected chi connectivity index (χ0v) is 9.29. The van der Waals surface area contributed by atoms with Gasteiger partial charge in [-0.25, -0.2) is 4.79 Å². The molecule has 2 aliphatic rings. The minimum Gasteiger partial charge on any atom is -0.385 e. The fraction of sp³-hybridized carbons (Fsp3) is 0.800. The molecule has 0 aromatic rings. The number of piperidine rings is 1. The second-order valence-electron chi connectivity index (χ2n) is 4.32. The Bertz CT molecular complexity index is 315. The summed E-state index contributed by atoms with van der Waals surface area (Å²) in [4.78, 5) is 17.2. The molecule has 5 nitrogen and oxygen atoms in total. The molecule has 2 amide bonds. The van der Waals surface area contributed by atoms with Crippen molar-refractivity contribution in [3.8, 4) is 0 Å². The van der Waals surface area contributed by atoms with Gasteiger partial charge in [-0.15, -0.1) is 0 Å². The van der Waals surface area contributed by atoms with Crippen molar-refractivity contribution in [3.63, 3.8) is 0 Å². The predicted octanol–water partition coefficient (Wildman–Crippen LogP) is 0.167. The third-order valence-electron chi connectivity index (χ3n) is 3.79. The SMILES string of the molecule is CCC1CNCCC12C(N)=NC(=O)N2C. The highest BCUT2D eigenvalue weighted by molar-refractivity contribution is 6.06. The summed E-state index contributed by atoms with van der Waals surface area (Å²) >= 11 is 0. The fourth-order valence-electron chi connectivity index (χ4n) is 2.81. The van der Waals surface area contributed by atoms with E-state index in [1.165, 1.54) is 0 Å². The summed E-state index contributed by atoms with van der Waals surface area (Å²) in [5, 5.41) is 3.34. The Morgan fingerprint density at radius 3 is 3.00 bits per heavy atom. The Balaban J connectivity index is 2.38. The molecule has 2 heterocycles. The Kier molecular flexibility index (Phi) is 2.42. The monoisotopic (exact) mass is 210 g/mol. The van der Waals surface area contributed by atoms with Gasteiger partial charge in [0.15, 0.2) is 0 Å². The van der Waals surface area contributed by atoms with Crippen molar-refractivity contribution in [2.24, 2.45) is 16.6 Å². The lowest BCUT2D eigenvalue weighted by Gasteiger charge is -2.45. The zero-order valence-electron chi connectivity index (χ0n) is 9.29. The van der Waals surface area contributed by atoms with Crippen LogP contribution in [0.5, 0.6) is 0 Å². The number of aliphatic imine (C=N–C) groups is 1. The van der Waals surface area contributed by atoms with E-state index in [0.717, 1.165) is 25.9 Å². The molecular weight excluding hydrogens is 192 g/mol. The third kappa shape index (κ3) is 1.26. The smallest absolute Gasteiger partial charge is 0.345 e. The molecule has 3 N–H and O–H groups in total. The summed E-state index contributed by atoms with van der Waals surface area (Å²) < 4.78 is 0. The summed E-state index contributed by atoms with van der Waals surface area (Å²) in [6.07, 6.45) is 1.86. The molecule has 0 bridgehead atoms. The third-order valence-corrected chi connectivity index (χ3v) is 3.79. The average Bonchev–Trinajstić information content (AvgIpc) is 2.45. The van der Waals surface area contributed by atoms with Gasteiger partial charge in [-0.3, -0.25) is 0 Å². The van der Waals surface area contributed by atoms with Crippen LogP contribution in [0.25, 0.3) is 0 Å². The highest BCUT2D eigenvalue weighted by Gasteiger charge is 2.52. The molecule has 0 aromatic heterocycles. The van der Waals surface area contributed by atoms with Gasteiger partial charge in [0.05, 0.1) is 0 Å². The number of hydrogen-bond acceptors (Lipinski definition) is 3. The highest BCUT2D eigenvalue weighted by Crippen LogP contribution is 2.36. The van der Waals surface area contributed by atoms with E-state index in [4.69, 9.17) is 5.73 Å². The van der Waals surface area contributed by atoms with Crippen molar-refractivity contribution in [1.82, 2.24) is 10.2 Å². The first-order chi connectivity index (χ1) is 7.13. The van der Waals surface area contributed by atoms with Crippen molar-refractivity contribution >= 4 is 11.9 Å². The number of nitrogens with zero attached hydrogens (tertiary/aromatic N) is 2. The molecule has 1 saturated heterocycles. The highest BCUT2D eigenvalue weighted by atomic mass is 16.2. The maximum Gasteiger partial charge on any atom is 0.345 e. The lowest BCUT2D eigenvalue weighted by atomic mass is 9.75. The Morgan fingerprint density at radius 1 is 1.73 bits per heavy atom. The molecule has 2 aliphatic heterocycles. The van der Waals surface area contributed by atoms with Crippen LogP contribution in [0.1, 0.15) is 19.8 Å². The number of carbonyl (C=O) groups excluding carboxylic acids is 1. The zero-order chi connectivity index (χ0) is 11.1. The topological polar surface area (TPSA) is 70.7 Å². The number of nitrogens with two attached hydrogens (primary N) is 1. The number of carbonyl (C=O) groups is 1. The van der Waals surface area contributed by atoms with Crippen LogP contribution in [0, 0.1) is 5.92 Å². The van der Waals surface area contributed by atoms with E-state index in [0.29, 0.717) is 11.8 Å². The van der Waals surface area contributed by atoms with Gasteiger partial charge in [-0.05, 0) is 19.4 Å². The molecule has 84 valence electrons. The van der Waals surface area contributed by atoms with Crippen molar-refractivity contribution in [1.29, 1.82) is 0 Å². The number of amides is 2. The molecule has 2 unspecified atom stereocenters. The van der Waals surface area contributed by atoms with Crippen LogP contribution in [0.4, 0.5) is 4.79 Å². The van der Waals surface area contributed by atoms with Crippen LogP contribution in [0.2, 0.25) is 0 Å². The summed E-state index contributed by atoms with van der Waals surface area (Å²) in [7, 11) is 1.81. The lowest BCUT2D eigenvalue weighted by Crippen LogP contribution is -2.63. The molecule has 0 aliphatic carbocycles. The van der Waals surface area contributed by atoms with E-state index < -0.39 is 0 Å². The Labute approximate surface area is 89.7 Å². The number of rotatable bonds is 1. The van der Waals surface area contributed by atoms with Crippen LogP contribution in [-0.2, 0) is 0 Å². The first-order valence-electron chi connectivity index (χ1n) is 5.46. The molecule has 0 aromatic carbocycles. The fourth-order valence-corrected chi connectivity index (χ4v) is 2.81. The first-order valence-corrected chi connectivity index (χ1v) is 5.46. The van der Waals surface area contributed by atoms with Crippen LogP contribution < -0.4 is 11.1 Å². The van der Waals surface area contributed by atoms with Crippen molar-refractivity contribution in [3.05, 3.63) is 0 Å². The molecule has 15 heavy (non-hydrogen) atoms. The summed E-state index contributed by atoms with van der Waals surface area (Å²) in [6, 6.07) is -0.201. The number of nitrogens with one attached hydrogen (secondary N) is 1. The molecule has 1 fully saturated rings. The van der Waals surface area contributed by atoms with E-state index in [9.17, 15) is 4.79 Å². The largest absolute Gasteiger partial charge is 0.385 e. The maximum absolute atomic E-state index is 11.6. The van der Waals surface area contributed by atoms with E-state index in [1.807, 2.05) is 0 Å². The normalized spacial score (nSPS) is 36.1. The van der Waals surface area contributed by atoms with E-state index in [1.54, 1.807) is 11.9 Å². The van der Waals surface area contributed by atoms with Crippen LogP contribution in [-0.4, -0.2) is 42.4 Å². The molecule has 2 rings (SSSR count). The first kappa shape index (κ1) is 10.4. The summed E-state index contributed by atoms with van der Waals surface area (Å²) in [6.45, 7) is 3.93. The van der Waals surface area contributed by atoms with Crippen molar-refractivity contribution < 1.29 is 4.79 Å². The van der Waals surface area contributed by atoms with Gasteiger partial charge < -0.3 is 16.0 Å². The lowest BCUT2D eigenvalue weighted by molar-refractivity contribution is 0.119. The number of urea groups is 1. The Morgan fingerprint density at radius 2 is 2.47 bits per heavy atom. The molecule has 2 atom stereocenters. The van der Waals surface area contributed by atoms with Crippen LogP contribution in [0.15, 0.2) is 4.99 Å². The van der Waals surface area contributed by atoms with Crippen molar-refractivity contribution in [2.75, 3.05) is 20.1 Å². The van der Waals surface area contributed by atoms with Gasteiger partial charge in [-0.1, -0.05) is 6.92 Å². The molecule has 5 heteroatoms. The minimum atomic E-state index is -0.322. The van der Waals surface area contributed by atoms with E-state index in [-0.39, 0.29) is 11.6 Å². The molecular formula is C10H18N4O. The van der Waals surface area contributed by atoms with Gasteiger partial charge >= 0.3 is 6.03 Å². The predicted molar refractivity (Wildman–Crippen MR) is 58.8 cm³/mol. The van der Waals surface area contributed by atoms with Gasteiger partial charge in [0, 0.05) is 19.5 Å². The average molecular weight is 210 g/mol. The minimum absolute atomic E-state index is 0.201. The Hall–Kier alpha value is -1.10. The van der Waals surface area contributed by atoms with Gasteiger partial charge in [0.1, 0.15) is 11.4 Å². The quantitative estimate of drug-likeness (QED) is 0.648. The van der Waals surface area contributed by atoms with Gasteiger partial charge in [-0.2, -0.15) is 4.99 Å². The van der Waals surface area contributed by atoms with Crippen LogP contribution in [0.3, 0.4) is 0 Å². The molecule has 0 radical (unpaired) electrons. The summed E-state index contributed by atoms with van der Waals surface area (Å²) in [5.41, 5.74) is 5.63. The maximum atomic E-state index is 11.6. The van der Waals surface area contributed by atoms with Crippen molar-refractivity contribution in [2.45, 2.75) is 25.3 Å². The molecule has 0 saturated carbocycles. The standard InChI is InChI=1S/C10H18N4O/c1-3-7-6-12-5-4-10(7)8(11)13-9(15)14(10)2/h7,12H,3-6H2,1-2H3,(H2,11,13,15). The van der Waals surface area contributed by atoms with Gasteiger partial charge in [0.2, 0.25) is 0 Å².